The maximum atomic E-state index is 13.0. The van der Waals surface area contributed by atoms with Crippen molar-refractivity contribution >= 4 is 35.0 Å². The molecule has 9 heteroatoms. The van der Waals surface area contributed by atoms with Crippen LogP contribution in [-0.2, 0) is 11.8 Å². The van der Waals surface area contributed by atoms with Crippen molar-refractivity contribution in [1.82, 2.24) is 19.7 Å². The molecule has 0 spiro atoms. The average molecular weight is 437 g/mol. The van der Waals surface area contributed by atoms with Gasteiger partial charge in [-0.05, 0) is 36.8 Å². The first-order valence-corrected chi connectivity index (χ1v) is 11.0. The average Bonchev–Trinajstić information content (AvgIpc) is 3.41. The van der Waals surface area contributed by atoms with E-state index in [9.17, 15) is 9.59 Å². The van der Waals surface area contributed by atoms with Gasteiger partial charge in [0.05, 0.1) is 5.75 Å². The van der Waals surface area contributed by atoms with Crippen LogP contribution in [0.5, 0.6) is 0 Å². The Morgan fingerprint density at radius 2 is 1.94 bits per heavy atom. The summed E-state index contributed by atoms with van der Waals surface area (Å²) in [6.45, 7) is 1.35. The fourth-order valence-corrected chi connectivity index (χ4v) is 4.16. The molecule has 0 radical (unpaired) electrons. The maximum absolute atomic E-state index is 13.0. The fraction of sp³-hybridized carbons (Fsp3) is 0.273. The zero-order valence-corrected chi connectivity index (χ0v) is 18.0. The van der Waals surface area contributed by atoms with Crippen molar-refractivity contribution in [3.8, 4) is 0 Å². The van der Waals surface area contributed by atoms with Crippen molar-refractivity contribution in [3.63, 3.8) is 0 Å². The number of anilines is 2. The Kier molecular flexibility index (Phi) is 6.51. The molecule has 4 rings (SSSR count). The molecular formula is C22H24N6O2S. The highest BCUT2D eigenvalue weighted by Gasteiger charge is 2.27. The number of hydrogen-bond acceptors (Lipinski definition) is 6. The zero-order chi connectivity index (χ0) is 21.6. The Hall–Kier alpha value is -3.33. The van der Waals surface area contributed by atoms with Gasteiger partial charge in [0.1, 0.15) is 6.33 Å². The molecule has 1 saturated heterocycles. The third kappa shape index (κ3) is 5.43. The van der Waals surface area contributed by atoms with E-state index in [0.29, 0.717) is 29.5 Å². The smallest absolute Gasteiger partial charge is 0.254 e. The van der Waals surface area contributed by atoms with Crippen molar-refractivity contribution in [3.05, 3.63) is 66.5 Å². The van der Waals surface area contributed by atoms with Crippen molar-refractivity contribution in [2.24, 2.45) is 7.05 Å². The molecule has 2 amide bonds. The van der Waals surface area contributed by atoms with Crippen molar-refractivity contribution in [2.45, 2.75) is 17.6 Å². The second-order valence-electron chi connectivity index (χ2n) is 7.39. The summed E-state index contributed by atoms with van der Waals surface area (Å²) in [5.74, 6) is 0.0248. The van der Waals surface area contributed by atoms with Gasteiger partial charge in [-0.25, -0.2) is 0 Å². The summed E-state index contributed by atoms with van der Waals surface area (Å²) in [6.07, 6.45) is 2.49. The minimum absolute atomic E-state index is 0.0260. The number of aromatic nitrogens is 3. The molecule has 31 heavy (non-hydrogen) atoms. The first-order valence-electron chi connectivity index (χ1n) is 10.1. The highest BCUT2D eigenvalue weighted by molar-refractivity contribution is 7.99. The van der Waals surface area contributed by atoms with E-state index in [1.807, 2.05) is 42.3 Å². The number of nitrogens with zero attached hydrogens (tertiary/aromatic N) is 4. The molecule has 1 aliphatic heterocycles. The SMILES string of the molecule is Cn1cnnc1SCC(=O)Nc1cccc(C(=O)N2CCC(Nc3ccccc3)C2)c1. The molecule has 3 aromatic rings. The number of rotatable bonds is 7. The van der Waals surface area contributed by atoms with Gasteiger partial charge in [0.2, 0.25) is 5.91 Å². The Morgan fingerprint density at radius 1 is 1.13 bits per heavy atom. The number of amides is 2. The molecule has 2 aromatic carbocycles. The van der Waals surface area contributed by atoms with Crippen LogP contribution in [0.2, 0.25) is 0 Å². The van der Waals surface area contributed by atoms with Gasteiger partial charge in [-0.15, -0.1) is 10.2 Å². The first kappa shape index (κ1) is 20.9. The number of aryl methyl sites for hydroxylation is 1. The summed E-state index contributed by atoms with van der Waals surface area (Å²) in [5, 5.41) is 14.7. The molecule has 0 saturated carbocycles. The second-order valence-corrected chi connectivity index (χ2v) is 8.33. The summed E-state index contributed by atoms with van der Waals surface area (Å²) in [7, 11) is 1.83. The topological polar surface area (TPSA) is 92.1 Å². The molecule has 2 heterocycles. The van der Waals surface area contributed by atoms with Crippen LogP contribution in [0.15, 0.2) is 66.1 Å². The van der Waals surface area contributed by atoms with Gasteiger partial charge >= 0.3 is 0 Å². The van der Waals surface area contributed by atoms with Crippen LogP contribution in [0.3, 0.4) is 0 Å². The predicted molar refractivity (Wildman–Crippen MR) is 121 cm³/mol. The number of carbonyl (C=O) groups excluding carboxylic acids is 2. The number of benzene rings is 2. The number of hydrogen-bond donors (Lipinski definition) is 2. The van der Waals surface area contributed by atoms with Crippen LogP contribution >= 0.6 is 11.8 Å². The third-order valence-electron chi connectivity index (χ3n) is 5.02. The molecule has 1 unspecified atom stereocenters. The normalized spacial score (nSPS) is 15.6. The molecule has 1 aliphatic rings. The van der Waals surface area contributed by atoms with Crippen LogP contribution in [0.1, 0.15) is 16.8 Å². The summed E-state index contributed by atoms with van der Waals surface area (Å²) in [6, 6.07) is 17.3. The third-order valence-corrected chi connectivity index (χ3v) is 6.05. The van der Waals surface area contributed by atoms with E-state index in [-0.39, 0.29) is 23.6 Å². The lowest BCUT2D eigenvalue weighted by Gasteiger charge is -2.18. The van der Waals surface area contributed by atoms with Crippen molar-refractivity contribution in [1.29, 1.82) is 0 Å². The maximum Gasteiger partial charge on any atom is 0.254 e. The van der Waals surface area contributed by atoms with Gasteiger partial charge in [-0.3, -0.25) is 9.59 Å². The Balaban J connectivity index is 1.31. The van der Waals surface area contributed by atoms with Gasteiger partial charge in [-0.1, -0.05) is 36.0 Å². The van der Waals surface area contributed by atoms with Gasteiger partial charge in [0, 0.05) is 43.1 Å². The number of para-hydroxylation sites is 1. The van der Waals surface area contributed by atoms with Crippen LogP contribution in [0.4, 0.5) is 11.4 Å². The van der Waals surface area contributed by atoms with Gasteiger partial charge in [-0.2, -0.15) is 0 Å². The van der Waals surface area contributed by atoms with Crippen molar-refractivity contribution < 1.29 is 9.59 Å². The summed E-state index contributed by atoms with van der Waals surface area (Å²) in [5.41, 5.74) is 2.23. The summed E-state index contributed by atoms with van der Waals surface area (Å²) in [4.78, 5) is 27.1. The second kappa shape index (κ2) is 9.65. The van der Waals surface area contributed by atoms with E-state index in [2.05, 4.69) is 20.8 Å². The first-order chi connectivity index (χ1) is 15.1. The largest absolute Gasteiger partial charge is 0.380 e. The molecule has 8 nitrogen and oxygen atoms in total. The summed E-state index contributed by atoms with van der Waals surface area (Å²) >= 11 is 1.31. The lowest BCUT2D eigenvalue weighted by atomic mass is 10.1. The number of nitrogens with one attached hydrogen (secondary N) is 2. The monoisotopic (exact) mass is 436 g/mol. The van der Waals surface area contributed by atoms with Gasteiger partial charge in [0.15, 0.2) is 5.16 Å². The summed E-state index contributed by atoms with van der Waals surface area (Å²) < 4.78 is 1.76. The minimum atomic E-state index is -0.161. The standard InChI is InChI=1S/C22H24N6O2S/c1-27-15-23-26-22(27)31-14-20(29)25-18-9-5-6-16(12-18)21(30)28-11-10-19(13-28)24-17-7-3-2-4-8-17/h2-9,12,15,19,24H,10-11,13-14H2,1H3,(H,25,29). The molecule has 2 N–H and O–H groups in total. The van der Waals surface area contributed by atoms with Gasteiger partial charge < -0.3 is 20.1 Å². The van der Waals surface area contributed by atoms with Gasteiger partial charge in [0.25, 0.3) is 5.91 Å². The van der Waals surface area contributed by atoms with Crippen LogP contribution < -0.4 is 10.6 Å². The molecule has 0 aliphatic carbocycles. The van der Waals surface area contributed by atoms with E-state index < -0.39 is 0 Å². The molecular weight excluding hydrogens is 412 g/mol. The lowest BCUT2D eigenvalue weighted by molar-refractivity contribution is -0.113. The Labute approximate surface area is 185 Å². The van der Waals surface area contributed by atoms with E-state index in [0.717, 1.165) is 12.1 Å². The Bertz CT molecular complexity index is 1050. The predicted octanol–water partition coefficient (Wildman–Crippen LogP) is 2.87. The molecule has 1 atom stereocenters. The van der Waals surface area contributed by atoms with E-state index >= 15 is 0 Å². The quantitative estimate of drug-likeness (QED) is 0.554. The molecule has 1 fully saturated rings. The zero-order valence-electron chi connectivity index (χ0n) is 17.2. The lowest BCUT2D eigenvalue weighted by Crippen LogP contribution is -2.31. The van der Waals surface area contributed by atoms with Crippen molar-refractivity contribution in [2.75, 3.05) is 29.5 Å². The number of thioether (sulfide) groups is 1. The van der Waals surface area contributed by atoms with E-state index in [1.165, 1.54) is 11.8 Å². The highest BCUT2D eigenvalue weighted by atomic mass is 32.2. The number of carbonyl (C=O) groups is 2. The van der Waals surface area contributed by atoms with E-state index in [4.69, 9.17) is 0 Å². The van der Waals surface area contributed by atoms with Crippen LogP contribution in [0.25, 0.3) is 0 Å². The molecule has 0 bridgehead atoms. The highest BCUT2D eigenvalue weighted by Crippen LogP contribution is 2.20. The fourth-order valence-electron chi connectivity index (χ4n) is 3.48. The van der Waals surface area contributed by atoms with Crippen LogP contribution in [-0.4, -0.2) is 56.4 Å². The number of likely N-dealkylation sites (tertiary alicyclic amines) is 1. The molecule has 1 aromatic heterocycles. The molecule has 160 valence electrons. The van der Waals surface area contributed by atoms with Crippen LogP contribution in [0, 0.1) is 0 Å². The van der Waals surface area contributed by atoms with E-state index in [1.54, 1.807) is 35.2 Å². The Morgan fingerprint density at radius 3 is 2.71 bits per heavy atom. The minimum Gasteiger partial charge on any atom is -0.380 e.